The van der Waals surface area contributed by atoms with Gasteiger partial charge in [-0.05, 0) is 25.0 Å². The number of carbonyl (C=O) groups is 1. The predicted octanol–water partition coefficient (Wildman–Crippen LogP) is 2.53. The van der Waals surface area contributed by atoms with E-state index in [4.69, 9.17) is 12.2 Å². The zero-order chi connectivity index (χ0) is 15.4. The fourth-order valence-corrected chi connectivity index (χ4v) is 2.69. The Morgan fingerprint density at radius 2 is 2.19 bits per heavy atom. The lowest BCUT2D eigenvalue weighted by Gasteiger charge is -2.07. The topological polar surface area (TPSA) is 62.7 Å². The molecule has 1 amide bonds. The fraction of sp³-hybridized carbons (Fsp3) is 0.400. The van der Waals surface area contributed by atoms with Crippen molar-refractivity contribution in [3.05, 3.63) is 45.5 Å². The quantitative estimate of drug-likeness (QED) is 0.834. The highest BCUT2D eigenvalue weighted by Gasteiger charge is 2.15. The van der Waals surface area contributed by atoms with Gasteiger partial charge in [0, 0.05) is 31.0 Å². The predicted molar refractivity (Wildman–Crippen MR) is 84.8 cm³/mol. The normalized spacial score (nSPS) is 10.6. The largest absolute Gasteiger partial charge is 0.352 e. The van der Waals surface area contributed by atoms with Crippen molar-refractivity contribution >= 4 is 18.1 Å². The molecule has 21 heavy (non-hydrogen) atoms. The number of nitrogens with one attached hydrogen (secondary N) is 2. The Hall–Kier alpha value is -1.95. The molecule has 0 unspecified atom stereocenters. The summed E-state index contributed by atoms with van der Waals surface area (Å²) in [6.07, 6.45) is 3.45. The number of aryl methyl sites for hydroxylation is 2. The molecule has 0 spiro atoms. The van der Waals surface area contributed by atoms with E-state index in [-0.39, 0.29) is 5.91 Å². The number of amides is 1. The van der Waals surface area contributed by atoms with Gasteiger partial charge < -0.3 is 10.3 Å². The van der Waals surface area contributed by atoms with E-state index in [9.17, 15) is 4.79 Å². The molecule has 0 saturated heterocycles. The summed E-state index contributed by atoms with van der Waals surface area (Å²) in [6, 6.07) is 3.49. The van der Waals surface area contributed by atoms with Crippen LogP contribution in [0.4, 0.5) is 0 Å². The highest BCUT2D eigenvalue weighted by atomic mass is 32.1. The SMILES string of the molecule is CCc1nn(C)c(CC)c1CNC(=O)c1ccc[nH]c1=S. The molecule has 2 rings (SSSR count). The van der Waals surface area contributed by atoms with Crippen molar-refractivity contribution in [2.24, 2.45) is 7.05 Å². The summed E-state index contributed by atoms with van der Waals surface area (Å²) in [4.78, 5) is 15.1. The first-order chi connectivity index (χ1) is 10.1. The van der Waals surface area contributed by atoms with Crippen LogP contribution in [-0.2, 0) is 26.4 Å². The van der Waals surface area contributed by atoms with Gasteiger partial charge in [-0.3, -0.25) is 9.48 Å². The number of aromatic nitrogens is 3. The van der Waals surface area contributed by atoms with E-state index >= 15 is 0 Å². The molecule has 2 heterocycles. The number of hydrogen-bond acceptors (Lipinski definition) is 3. The van der Waals surface area contributed by atoms with E-state index in [2.05, 4.69) is 29.2 Å². The Bertz CT molecular complexity index is 702. The van der Waals surface area contributed by atoms with Gasteiger partial charge in [-0.25, -0.2) is 0 Å². The molecule has 6 heteroatoms. The molecule has 5 nitrogen and oxygen atoms in total. The molecule has 0 atom stereocenters. The zero-order valence-electron chi connectivity index (χ0n) is 12.6. The molecule has 0 bridgehead atoms. The maximum atomic E-state index is 12.2. The maximum Gasteiger partial charge on any atom is 0.254 e. The van der Waals surface area contributed by atoms with Gasteiger partial charge in [0.05, 0.1) is 11.3 Å². The van der Waals surface area contributed by atoms with Gasteiger partial charge in [-0.1, -0.05) is 26.1 Å². The molecule has 0 aromatic carbocycles. The van der Waals surface area contributed by atoms with Crippen molar-refractivity contribution in [1.29, 1.82) is 0 Å². The average Bonchev–Trinajstić information content (AvgIpc) is 2.80. The first-order valence-corrected chi connectivity index (χ1v) is 7.48. The second kappa shape index (κ2) is 6.67. The number of aromatic amines is 1. The Morgan fingerprint density at radius 1 is 1.43 bits per heavy atom. The lowest BCUT2D eigenvalue weighted by atomic mass is 10.1. The number of nitrogens with zero attached hydrogens (tertiary/aromatic N) is 2. The molecule has 0 aliphatic heterocycles. The summed E-state index contributed by atoms with van der Waals surface area (Å²) in [6.45, 7) is 4.64. The smallest absolute Gasteiger partial charge is 0.254 e. The number of pyridine rings is 1. The van der Waals surface area contributed by atoms with Gasteiger partial charge in [-0.15, -0.1) is 0 Å². The Morgan fingerprint density at radius 3 is 2.81 bits per heavy atom. The first-order valence-electron chi connectivity index (χ1n) is 7.08. The molecule has 0 aliphatic rings. The van der Waals surface area contributed by atoms with E-state index in [0.29, 0.717) is 16.7 Å². The second-order valence-corrected chi connectivity index (χ2v) is 5.21. The molecule has 0 radical (unpaired) electrons. The maximum absolute atomic E-state index is 12.2. The summed E-state index contributed by atoms with van der Waals surface area (Å²) < 4.78 is 2.35. The van der Waals surface area contributed by atoms with Crippen LogP contribution in [-0.4, -0.2) is 20.7 Å². The molecule has 0 fully saturated rings. The average molecular weight is 304 g/mol. The summed E-state index contributed by atoms with van der Waals surface area (Å²) in [5.74, 6) is -0.162. The van der Waals surface area contributed by atoms with Crippen molar-refractivity contribution in [1.82, 2.24) is 20.1 Å². The van der Waals surface area contributed by atoms with Crippen LogP contribution in [0, 0.1) is 4.64 Å². The Kier molecular flexibility index (Phi) is 4.90. The minimum absolute atomic E-state index is 0.162. The van der Waals surface area contributed by atoms with Crippen LogP contribution >= 0.6 is 12.2 Å². The van der Waals surface area contributed by atoms with Gasteiger partial charge in [0.2, 0.25) is 0 Å². The molecule has 2 aromatic heterocycles. The molecular weight excluding hydrogens is 284 g/mol. The first kappa shape index (κ1) is 15.4. The van der Waals surface area contributed by atoms with E-state index in [0.717, 1.165) is 29.8 Å². The molecule has 0 aliphatic carbocycles. The molecule has 0 saturated carbocycles. The van der Waals surface area contributed by atoms with Crippen LogP contribution in [0.5, 0.6) is 0 Å². The minimum atomic E-state index is -0.162. The standard InChI is InChI=1S/C15H20N4OS/c1-4-12-11(13(5-2)19(3)18-12)9-17-14(20)10-7-6-8-16-15(10)21/h6-8H,4-5,9H2,1-3H3,(H,16,21)(H,17,20). The Balaban J connectivity index is 2.19. The molecule has 112 valence electrons. The highest BCUT2D eigenvalue weighted by molar-refractivity contribution is 7.71. The van der Waals surface area contributed by atoms with Crippen molar-refractivity contribution in [3.63, 3.8) is 0 Å². The van der Waals surface area contributed by atoms with Crippen LogP contribution in [0.25, 0.3) is 0 Å². The lowest BCUT2D eigenvalue weighted by molar-refractivity contribution is 0.0950. The van der Waals surface area contributed by atoms with Crippen molar-refractivity contribution in [2.75, 3.05) is 0 Å². The number of rotatable bonds is 5. The van der Waals surface area contributed by atoms with Gasteiger partial charge in [0.15, 0.2) is 0 Å². The molecule has 2 N–H and O–H groups in total. The number of carbonyl (C=O) groups excluding carboxylic acids is 1. The zero-order valence-corrected chi connectivity index (χ0v) is 13.4. The molecular formula is C15H20N4OS. The summed E-state index contributed by atoms with van der Waals surface area (Å²) in [7, 11) is 1.94. The molecule has 2 aromatic rings. The van der Waals surface area contributed by atoms with Gasteiger partial charge >= 0.3 is 0 Å². The lowest BCUT2D eigenvalue weighted by Crippen LogP contribution is -2.24. The monoisotopic (exact) mass is 304 g/mol. The van der Waals surface area contributed by atoms with Crippen LogP contribution in [0.2, 0.25) is 0 Å². The van der Waals surface area contributed by atoms with Crippen molar-refractivity contribution in [3.8, 4) is 0 Å². The van der Waals surface area contributed by atoms with E-state index in [1.54, 1.807) is 18.3 Å². The Labute approximate surface area is 129 Å². The van der Waals surface area contributed by atoms with E-state index in [1.807, 2.05) is 11.7 Å². The fourth-order valence-electron chi connectivity index (χ4n) is 2.46. The highest BCUT2D eigenvalue weighted by Crippen LogP contribution is 2.15. The van der Waals surface area contributed by atoms with Gasteiger partial charge in [0.25, 0.3) is 5.91 Å². The second-order valence-electron chi connectivity index (χ2n) is 4.80. The summed E-state index contributed by atoms with van der Waals surface area (Å²) in [5.41, 5.74) is 3.80. The van der Waals surface area contributed by atoms with Crippen molar-refractivity contribution < 1.29 is 4.79 Å². The van der Waals surface area contributed by atoms with E-state index in [1.165, 1.54) is 0 Å². The minimum Gasteiger partial charge on any atom is -0.352 e. The van der Waals surface area contributed by atoms with Crippen molar-refractivity contribution in [2.45, 2.75) is 33.2 Å². The van der Waals surface area contributed by atoms with Crippen LogP contribution < -0.4 is 5.32 Å². The van der Waals surface area contributed by atoms with Crippen LogP contribution in [0.15, 0.2) is 18.3 Å². The number of hydrogen-bond donors (Lipinski definition) is 2. The van der Waals surface area contributed by atoms with Crippen LogP contribution in [0.1, 0.15) is 41.2 Å². The summed E-state index contributed by atoms with van der Waals surface area (Å²) in [5, 5.41) is 7.45. The number of H-pyrrole nitrogens is 1. The van der Waals surface area contributed by atoms with Crippen LogP contribution in [0.3, 0.4) is 0 Å². The van der Waals surface area contributed by atoms with Gasteiger partial charge in [-0.2, -0.15) is 5.10 Å². The third-order valence-corrected chi connectivity index (χ3v) is 3.85. The third kappa shape index (κ3) is 3.21. The third-order valence-electron chi connectivity index (χ3n) is 3.52. The summed E-state index contributed by atoms with van der Waals surface area (Å²) >= 11 is 5.13. The van der Waals surface area contributed by atoms with Gasteiger partial charge in [0.1, 0.15) is 4.64 Å². The van der Waals surface area contributed by atoms with E-state index < -0.39 is 0 Å².